The quantitative estimate of drug-likeness (QED) is 0.863. The van der Waals surface area contributed by atoms with E-state index in [9.17, 15) is 0 Å². The third kappa shape index (κ3) is 2.15. The van der Waals surface area contributed by atoms with Crippen molar-refractivity contribution in [2.24, 2.45) is 11.7 Å². The van der Waals surface area contributed by atoms with Gasteiger partial charge in [-0.05, 0) is 30.3 Å². The molecule has 88 valence electrons. The fourth-order valence-corrected chi connectivity index (χ4v) is 2.03. The van der Waals surface area contributed by atoms with Gasteiger partial charge in [-0.25, -0.2) is 0 Å². The molecule has 3 nitrogen and oxygen atoms in total. The van der Waals surface area contributed by atoms with E-state index >= 15 is 0 Å². The maximum Gasteiger partial charge on any atom is 0.148 e. The minimum Gasteiger partial charge on any atom is -0.455 e. The number of pyridine rings is 1. The predicted octanol–water partition coefficient (Wildman–Crippen LogP) is 2.22. The van der Waals surface area contributed by atoms with Crippen molar-refractivity contribution in [3.63, 3.8) is 0 Å². The van der Waals surface area contributed by atoms with Crippen LogP contribution in [0.4, 0.5) is 0 Å². The van der Waals surface area contributed by atoms with Gasteiger partial charge in [0.15, 0.2) is 0 Å². The molecule has 0 saturated heterocycles. The molecule has 0 fully saturated rings. The van der Waals surface area contributed by atoms with Crippen molar-refractivity contribution in [2.45, 2.75) is 6.42 Å². The Balaban J connectivity index is 2.51. The molecular formula is C14H16N2O. The number of fused-ring (bicyclic) bond motifs is 1. The second-order valence-electron chi connectivity index (χ2n) is 3.91. The van der Waals surface area contributed by atoms with Gasteiger partial charge in [-0.3, -0.25) is 4.98 Å². The molecule has 0 radical (unpaired) electrons. The highest BCUT2D eigenvalue weighted by Crippen LogP contribution is 2.31. The lowest BCUT2D eigenvalue weighted by Gasteiger charge is -2.13. The lowest BCUT2D eigenvalue weighted by Crippen LogP contribution is -2.19. The molecule has 0 bridgehead atoms. The number of allylic oxidation sites excluding steroid dienone is 2. The van der Waals surface area contributed by atoms with Gasteiger partial charge >= 0.3 is 0 Å². The molecule has 2 rings (SSSR count). The molecule has 3 heteroatoms. The SMILES string of the molecule is C=CC1=C(C=C)[C@H](CN)Cc2ncccc2O1. The van der Waals surface area contributed by atoms with E-state index in [4.69, 9.17) is 10.5 Å². The van der Waals surface area contributed by atoms with Crippen molar-refractivity contribution in [3.05, 3.63) is 60.7 Å². The Hall–Kier alpha value is -1.87. The van der Waals surface area contributed by atoms with Crippen molar-refractivity contribution >= 4 is 0 Å². The Kier molecular flexibility index (Phi) is 3.40. The second-order valence-corrected chi connectivity index (χ2v) is 3.91. The first-order chi connectivity index (χ1) is 8.30. The average Bonchev–Trinajstić information content (AvgIpc) is 2.53. The van der Waals surface area contributed by atoms with Crippen LogP contribution in [-0.2, 0) is 6.42 Å². The Morgan fingerprint density at radius 1 is 1.47 bits per heavy atom. The average molecular weight is 228 g/mol. The summed E-state index contributed by atoms with van der Waals surface area (Å²) in [5.74, 6) is 1.68. The van der Waals surface area contributed by atoms with Crippen molar-refractivity contribution in [1.82, 2.24) is 4.98 Å². The summed E-state index contributed by atoms with van der Waals surface area (Å²) in [4.78, 5) is 4.34. The molecule has 17 heavy (non-hydrogen) atoms. The molecule has 0 saturated carbocycles. The molecule has 2 heterocycles. The van der Waals surface area contributed by atoms with Crippen LogP contribution in [0, 0.1) is 5.92 Å². The Labute approximate surface area is 101 Å². The van der Waals surface area contributed by atoms with Crippen LogP contribution in [0.2, 0.25) is 0 Å². The van der Waals surface area contributed by atoms with Gasteiger partial charge in [0.05, 0.1) is 5.69 Å². The van der Waals surface area contributed by atoms with Gasteiger partial charge < -0.3 is 10.5 Å². The summed E-state index contributed by atoms with van der Waals surface area (Å²) in [6, 6.07) is 3.77. The van der Waals surface area contributed by atoms with E-state index < -0.39 is 0 Å². The first-order valence-electron chi connectivity index (χ1n) is 5.61. The van der Waals surface area contributed by atoms with Gasteiger partial charge in [0, 0.05) is 18.5 Å². The van der Waals surface area contributed by atoms with E-state index in [1.165, 1.54) is 0 Å². The first-order valence-corrected chi connectivity index (χ1v) is 5.61. The number of aromatic nitrogens is 1. The molecule has 2 N–H and O–H groups in total. The summed E-state index contributed by atoms with van der Waals surface area (Å²) in [6.07, 6.45) is 6.02. The highest BCUT2D eigenvalue weighted by atomic mass is 16.5. The predicted molar refractivity (Wildman–Crippen MR) is 68.5 cm³/mol. The Morgan fingerprint density at radius 2 is 2.29 bits per heavy atom. The van der Waals surface area contributed by atoms with E-state index in [0.29, 0.717) is 6.54 Å². The van der Waals surface area contributed by atoms with E-state index in [1.54, 1.807) is 18.3 Å². The Bertz CT molecular complexity index is 477. The van der Waals surface area contributed by atoms with Gasteiger partial charge in [0.1, 0.15) is 11.5 Å². The number of nitrogens with two attached hydrogens (primary N) is 1. The van der Waals surface area contributed by atoms with Crippen LogP contribution in [0.25, 0.3) is 0 Å². The molecule has 1 atom stereocenters. The van der Waals surface area contributed by atoms with Gasteiger partial charge in [-0.1, -0.05) is 19.2 Å². The molecule has 1 aliphatic rings. The number of rotatable bonds is 3. The monoisotopic (exact) mass is 228 g/mol. The van der Waals surface area contributed by atoms with Crippen LogP contribution in [0.5, 0.6) is 5.75 Å². The molecule has 0 aromatic carbocycles. The maximum absolute atomic E-state index is 5.81. The van der Waals surface area contributed by atoms with Gasteiger partial charge in [-0.2, -0.15) is 0 Å². The molecule has 0 unspecified atom stereocenters. The molecule has 1 aliphatic heterocycles. The fraction of sp³-hybridized carbons (Fsp3) is 0.214. The number of hydrogen-bond acceptors (Lipinski definition) is 3. The summed E-state index contributed by atoms with van der Waals surface area (Å²) in [5, 5.41) is 0. The molecule has 1 aromatic heterocycles. The lowest BCUT2D eigenvalue weighted by atomic mass is 9.93. The highest BCUT2D eigenvalue weighted by molar-refractivity contribution is 5.40. The summed E-state index contributed by atoms with van der Waals surface area (Å²) >= 11 is 0. The zero-order valence-electron chi connectivity index (χ0n) is 9.73. The van der Waals surface area contributed by atoms with Gasteiger partial charge in [0.2, 0.25) is 0 Å². The van der Waals surface area contributed by atoms with Crippen LogP contribution in [-0.4, -0.2) is 11.5 Å². The van der Waals surface area contributed by atoms with Gasteiger partial charge in [-0.15, -0.1) is 0 Å². The summed E-state index contributed by atoms with van der Waals surface area (Å²) in [6.45, 7) is 8.14. The standard InChI is InChI=1S/C14H16N2O/c1-3-11-10(9-15)8-12-14(6-5-7-16-12)17-13(11)4-2/h3-7,10H,1-2,8-9,15H2/t10-/m0/s1. The zero-order valence-corrected chi connectivity index (χ0v) is 9.73. The molecule has 1 aromatic rings. The first kappa shape index (κ1) is 11.6. The number of nitrogens with zero attached hydrogens (tertiary/aromatic N) is 1. The maximum atomic E-state index is 5.81. The highest BCUT2D eigenvalue weighted by Gasteiger charge is 2.22. The summed E-state index contributed by atoms with van der Waals surface area (Å²) in [5.41, 5.74) is 7.74. The van der Waals surface area contributed by atoms with E-state index in [2.05, 4.69) is 18.1 Å². The van der Waals surface area contributed by atoms with Gasteiger partial charge in [0.25, 0.3) is 0 Å². The van der Waals surface area contributed by atoms with E-state index in [1.807, 2.05) is 12.1 Å². The minimum absolute atomic E-state index is 0.177. The fourth-order valence-electron chi connectivity index (χ4n) is 2.03. The second kappa shape index (κ2) is 4.97. The smallest absolute Gasteiger partial charge is 0.148 e. The van der Waals surface area contributed by atoms with E-state index in [-0.39, 0.29) is 5.92 Å². The lowest BCUT2D eigenvalue weighted by molar-refractivity contribution is 0.437. The molecular weight excluding hydrogens is 212 g/mol. The van der Waals surface area contributed by atoms with Crippen LogP contribution < -0.4 is 10.5 Å². The van der Waals surface area contributed by atoms with Crippen molar-refractivity contribution in [1.29, 1.82) is 0 Å². The number of ether oxygens (including phenoxy) is 1. The normalized spacial score (nSPS) is 19.0. The topological polar surface area (TPSA) is 48.1 Å². The van der Waals surface area contributed by atoms with Crippen molar-refractivity contribution < 1.29 is 4.74 Å². The third-order valence-corrected chi connectivity index (χ3v) is 2.92. The van der Waals surface area contributed by atoms with E-state index in [0.717, 1.165) is 29.2 Å². The Morgan fingerprint density at radius 3 is 2.94 bits per heavy atom. The molecule has 0 amide bonds. The number of hydrogen-bond donors (Lipinski definition) is 1. The van der Waals surface area contributed by atoms with Crippen LogP contribution in [0.1, 0.15) is 5.69 Å². The zero-order chi connectivity index (χ0) is 12.3. The third-order valence-electron chi connectivity index (χ3n) is 2.92. The van der Waals surface area contributed by atoms with Crippen molar-refractivity contribution in [2.75, 3.05) is 6.54 Å². The largest absolute Gasteiger partial charge is 0.455 e. The molecule has 0 aliphatic carbocycles. The minimum atomic E-state index is 0.177. The molecule has 0 spiro atoms. The summed E-state index contributed by atoms with van der Waals surface area (Å²) in [7, 11) is 0. The van der Waals surface area contributed by atoms with Crippen LogP contribution in [0.15, 0.2) is 55.0 Å². The van der Waals surface area contributed by atoms with Crippen molar-refractivity contribution in [3.8, 4) is 5.75 Å². The summed E-state index contributed by atoms with van der Waals surface area (Å²) < 4.78 is 5.81. The van der Waals surface area contributed by atoms with Crippen LogP contribution in [0.3, 0.4) is 0 Å². The van der Waals surface area contributed by atoms with Crippen LogP contribution >= 0.6 is 0 Å².